The highest BCUT2D eigenvalue weighted by molar-refractivity contribution is 7.26. The van der Waals surface area contributed by atoms with Crippen LogP contribution >= 0.6 is 22.7 Å². The fourth-order valence-electron chi connectivity index (χ4n) is 7.88. The molecule has 0 amide bonds. The Hall–Kier alpha value is -6.07. The van der Waals surface area contributed by atoms with Crippen LogP contribution in [0.25, 0.3) is 101 Å². The number of fused-ring (bicyclic) bond motifs is 9. The van der Waals surface area contributed by atoms with E-state index < -0.39 is 0 Å². The second-order valence-electron chi connectivity index (χ2n) is 13.1. The average Bonchev–Trinajstić information content (AvgIpc) is 3.89. The SMILES string of the molecule is c1ccc(-c2cc3sc4ccccc4c3c3nc(-c4ccc(-c5cccc6c5c5cc7ccccc7cc5n6-c5ccccc5)cc4)sc23)cc1. The molecular formula is C47H28N2S2. The van der Waals surface area contributed by atoms with E-state index in [0.29, 0.717) is 0 Å². The lowest BCUT2D eigenvalue weighted by Crippen LogP contribution is -1.93. The molecule has 4 heteroatoms. The van der Waals surface area contributed by atoms with Crippen molar-refractivity contribution in [3.05, 3.63) is 170 Å². The zero-order valence-corrected chi connectivity index (χ0v) is 29.0. The number of hydrogen-bond acceptors (Lipinski definition) is 3. The number of thiazole rings is 1. The van der Waals surface area contributed by atoms with E-state index >= 15 is 0 Å². The van der Waals surface area contributed by atoms with Crippen molar-refractivity contribution in [3.8, 4) is 38.5 Å². The van der Waals surface area contributed by atoms with Crippen molar-refractivity contribution in [1.29, 1.82) is 0 Å². The summed E-state index contributed by atoms with van der Waals surface area (Å²) in [6.45, 7) is 0. The van der Waals surface area contributed by atoms with E-state index in [0.717, 1.165) is 16.1 Å². The average molecular weight is 685 g/mol. The molecule has 0 unspecified atom stereocenters. The van der Waals surface area contributed by atoms with E-state index in [1.54, 1.807) is 11.3 Å². The fraction of sp³-hybridized carbons (Fsp3) is 0. The van der Waals surface area contributed by atoms with E-state index in [4.69, 9.17) is 4.98 Å². The van der Waals surface area contributed by atoms with Crippen LogP contribution in [0.1, 0.15) is 0 Å². The van der Waals surface area contributed by atoms with Crippen molar-refractivity contribution >= 4 is 85.6 Å². The molecule has 0 aliphatic carbocycles. The van der Waals surface area contributed by atoms with Gasteiger partial charge in [-0.25, -0.2) is 4.98 Å². The molecule has 51 heavy (non-hydrogen) atoms. The third-order valence-corrected chi connectivity index (χ3v) is 12.5. The lowest BCUT2D eigenvalue weighted by Gasteiger charge is -2.09. The molecule has 0 fully saturated rings. The summed E-state index contributed by atoms with van der Waals surface area (Å²) in [6.07, 6.45) is 0. The van der Waals surface area contributed by atoms with Gasteiger partial charge in [0.2, 0.25) is 0 Å². The molecule has 3 aromatic heterocycles. The molecule has 0 aliphatic heterocycles. The molecule has 8 aromatic carbocycles. The van der Waals surface area contributed by atoms with Crippen molar-refractivity contribution in [3.63, 3.8) is 0 Å². The van der Waals surface area contributed by atoms with Gasteiger partial charge in [0.25, 0.3) is 0 Å². The Morgan fingerprint density at radius 2 is 1.12 bits per heavy atom. The first-order chi connectivity index (χ1) is 25.3. The lowest BCUT2D eigenvalue weighted by molar-refractivity contribution is 1.18. The Labute approximate surface area is 302 Å². The van der Waals surface area contributed by atoms with Gasteiger partial charge in [-0.3, -0.25) is 0 Å². The number of aromatic nitrogens is 2. The van der Waals surface area contributed by atoms with Gasteiger partial charge in [-0.15, -0.1) is 22.7 Å². The molecule has 0 saturated heterocycles. The van der Waals surface area contributed by atoms with Crippen molar-refractivity contribution in [2.24, 2.45) is 0 Å². The van der Waals surface area contributed by atoms with Crippen molar-refractivity contribution in [2.45, 2.75) is 0 Å². The molecule has 0 atom stereocenters. The highest BCUT2D eigenvalue weighted by Gasteiger charge is 2.20. The topological polar surface area (TPSA) is 17.8 Å². The predicted octanol–water partition coefficient (Wildman–Crippen LogP) is 13.9. The first-order valence-electron chi connectivity index (χ1n) is 17.2. The summed E-state index contributed by atoms with van der Waals surface area (Å²) in [4.78, 5) is 5.40. The van der Waals surface area contributed by atoms with Gasteiger partial charge in [0.05, 0.1) is 21.3 Å². The molecule has 0 saturated carbocycles. The quantitative estimate of drug-likeness (QED) is 0.180. The van der Waals surface area contributed by atoms with Crippen LogP contribution < -0.4 is 0 Å². The molecule has 3 heterocycles. The van der Waals surface area contributed by atoms with Gasteiger partial charge in [-0.05, 0) is 69.9 Å². The van der Waals surface area contributed by atoms with E-state index in [2.05, 4.69) is 174 Å². The van der Waals surface area contributed by atoms with Crippen molar-refractivity contribution in [1.82, 2.24) is 9.55 Å². The summed E-state index contributed by atoms with van der Waals surface area (Å²) < 4.78 is 6.23. The molecule has 0 N–H and O–H groups in total. The maximum atomic E-state index is 5.40. The minimum absolute atomic E-state index is 1.04. The molecule has 0 bridgehead atoms. The largest absolute Gasteiger partial charge is 0.309 e. The van der Waals surface area contributed by atoms with Gasteiger partial charge in [0, 0.05) is 47.8 Å². The maximum Gasteiger partial charge on any atom is 0.124 e. The first kappa shape index (κ1) is 28.7. The zero-order chi connectivity index (χ0) is 33.5. The number of benzene rings is 8. The number of thiophene rings is 1. The highest BCUT2D eigenvalue weighted by Crippen LogP contribution is 2.46. The van der Waals surface area contributed by atoms with Crippen LogP contribution in [0, 0.1) is 0 Å². The van der Waals surface area contributed by atoms with E-state index in [9.17, 15) is 0 Å². The van der Waals surface area contributed by atoms with Crippen LogP contribution in [-0.2, 0) is 0 Å². The summed E-state index contributed by atoms with van der Waals surface area (Å²) in [5.74, 6) is 0. The third kappa shape index (κ3) is 4.44. The van der Waals surface area contributed by atoms with Gasteiger partial charge in [-0.2, -0.15) is 0 Å². The van der Waals surface area contributed by atoms with E-state index in [1.165, 1.54) is 85.4 Å². The molecular weight excluding hydrogens is 657 g/mol. The minimum Gasteiger partial charge on any atom is -0.309 e. The number of nitrogens with zero attached hydrogens (tertiary/aromatic N) is 2. The number of para-hydroxylation sites is 1. The molecule has 238 valence electrons. The maximum absolute atomic E-state index is 5.40. The van der Waals surface area contributed by atoms with E-state index in [1.807, 2.05) is 11.3 Å². The summed E-state index contributed by atoms with van der Waals surface area (Å²) in [7, 11) is 0. The Kier molecular flexibility index (Phi) is 6.32. The molecule has 0 spiro atoms. The van der Waals surface area contributed by atoms with Gasteiger partial charge >= 0.3 is 0 Å². The van der Waals surface area contributed by atoms with Gasteiger partial charge in [0.15, 0.2) is 0 Å². The van der Waals surface area contributed by atoms with Gasteiger partial charge < -0.3 is 4.57 Å². The summed E-state index contributed by atoms with van der Waals surface area (Å²) >= 11 is 3.65. The Balaban J connectivity index is 1.10. The zero-order valence-electron chi connectivity index (χ0n) is 27.4. The van der Waals surface area contributed by atoms with E-state index in [-0.39, 0.29) is 0 Å². The summed E-state index contributed by atoms with van der Waals surface area (Å²) in [5, 5.41) is 8.62. The third-order valence-electron chi connectivity index (χ3n) is 10.2. The Morgan fingerprint density at radius 3 is 1.94 bits per heavy atom. The van der Waals surface area contributed by atoms with Crippen molar-refractivity contribution in [2.75, 3.05) is 0 Å². The molecule has 0 radical (unpaired) electrons. The number of rotatable bonds is 4. The second kappa shape index (κ2) is 11.2. The lowest BCUT2D eigenvalue weighted by atomic mass is 9.97. The second-order valence-corrected chi connectivity index (χ2v) is 15.2. The molecule has 0 aliphatic rings. The summed E-state index contributed by atoms with van der Waals surface area (Å²) in [5.41, 5.74) is 10.7. The number of hydrogen-bond donors (Lipinski definition) is 0. The van der Waals surface area contributed by atoms with Crippen LogP contribution in [0.4, 0.5) is 0 Å². The van der Waals surface area contributed by atoms with Crippen LogP contribution in [0.2, 0.25) is 0 Å². The fourth-order valence-corrected chi connectivity index (χ4v) is 10.1. The standard InChI is InChI=1S/C47H28N2S2/c1-3-12-29(13-4-1)37-28-42-44(36-18-9-10-21-41(36)50-42)45-46(37)51-47(48-45)31-24-22-30(23-25-31)35-19-11-20-39-43(35)38-26-32-14-7-8-15-33(32)27-40(38)49(39)34-16-5-2-6-17-34/h1-28H. The summed E-state index contributed by atoms with van der Waals surface area (Å²) in [6, 6.07) is 61.7. The smallest absolute Gasteiger partial charge is 0.124 e. The van der Waals surface area contributed by atoms with Crippen molar-refractivity contribution < 1.29 is 0 Å². The first-order valence-corrected chi connectivity index (χ1v) is 18.8. The molecule has 2 nitrogen and oxygen atoms in total. The van der Waals surface area contributed by atoms with Gasteiger partial charge in [-0.1, -0.05) is 127 Å². The Morgan fingerprint density at radius 1 is 0.431 bits per heavy atom. The van der Waals surface area contributed by atoms with Crippen LogP contribution in [0.3, 0.4) is 0 Å². The normalized spacial score (nSPS) is 11.9. The monoisotopic (exact) mass is 684 g/mol. The predicted molar refractivity (Wildman–Crippen MR) is 221 cm³/mol. The van der Waals surface area contributed by atoms with Crippen LogP contribution in [0.5, 0.6) is 0 Å². The molecule has 11 aromatic rings. The van der Waals surface area contributed by atoms with Crippen LogP contribution in [-0.4, -0.2) is 9.55 Å². The van der Waals surface area contributed by atoms with Crippen LogP contribution in [0.15, 0.2) is 170 Å². The van der Waals surface area contributed by atoms with Gasteiger partial charge in [0.1, 0.15) is 5.01 Å². The highest BCUT2D eigenvalue weighted by atomic mass is 32.1. The minimum atomic E-state index is 1.04. The Bertz CT molecular complexity index is 3110. The molecule has 11 rings (SSSR count).